The van der Waals surface area contributed by atoms with Crippen LogP contribution in [0.25, 0.3) is 0 Å². The van der Waals surface area contributed by atoms with E-state index >= 15 is 0 Å². The predicted octanol–water partition coefficient (Wildman–Crippen LogP) is 3.91. The molecule has 6 nitrogen and oxygen atoms in total. The van der Waals surface area contributed by atoms with Crippen molar-refractivity contribution in [3.8, 4) is 0 Å². The molecule has 0 aromatic heterocycles. The fourth-order valence-electron chi connectivity index (χ4n) is 4.11. The molecule has 7 heteroatoms. The van der Waals surface area contributed by atoms with Gasteiger partial charge < -0.3 is 9.80 Å². The molecule has 0 saturated carbocycles. The molecule has 2 aromatic carbocycles. The molecule has 0 radical (unpaired) electrons. The van der Waals surface area contributed by atoms with Crippen LogP contribution in [0.2, 0.25) is 0 Å². The largest absolute Gasteiger partial charge is 0.372 e. The monoisotopic (exact) mass is 413 g/mol. The van der Waals surface area contributed by atoms with Crippen LogP contribution >= 0.6 is 0 Å². The van der Waals surface area contributed by atoms with Crippen LogP contribution in [0.5, 0.6) is 0 Å². The summed E-state index contributed by atoms with van der Waals surface area (Å²) in [5.74, 6) is 0.0932. The van der Waals surface area contributed by atoms with Crippen molar-refractivity contribution in [3.63, 3.8) is 0 Å². The van der Waals surface area contributed by atoms with Crippen LogP contribution in [0.4, 0.5) is 17.1 Å². The Morgan fingerprint density at radius 1 is 0.897 bits per heavy atom. The lowest BCUT2D eigenvalue weighted by molar-refractivity contribution is -0.117. The summed E-state index contributed by atoms with van der Waals surface area (Å²) >= 11 is 0. The first-order valence-corrected chi connectivity index (χ1v) is 11.7. The topological polar surface area (TPSA) is 69.7 Å². The number of amides is 1. The van der Waals surface area contributed by atoms with Gasteiger partial charge in [-0.05, 0) is 80.6 Å². The van der Waals surface area contributed by atoms with Crippen molar-refractivity contribution in [1.29, 1.82) is 0 Å². The van der Waals surface area contributed by atoms with Gasteiger partial charge in [0.25, 0.3) is 10.0 Å². The summed E-state index contributed by atoms with van der Waals surface area (Å²) in [6, 6.07) is 12.5. The first kappa shape index (κ1) is 19.8. The molecule has 0 unspecified atom stereocenters. The smallest absolute Gasteiger partial charge is 0.261 e. The molecule has 0 aliphatic carbocycles. The van der Waals surface area contributed by atoms with Crippen LogP contribution in [0, 0.1) is 6.92 Å². The highest BCUT2D eigenvalue weighted by Gasteiger charge is 2.24. The van der Waals surface area contributed by atoms with E-state index in [9.17, 15) is 13.2 Å². The number of rotatable bonds is 5. The fraction of sp³-hybridized carbons (Fsp3) is 0.409. The Kier molecular flexibility index (Phi) is 5.50. The molecule has 2 aliphatic rings. The lowest BCUT2D eigenvalue weighted by atomic mass is 10.1. The summed E-state index contributed by atoms with van der Waals surface area (Å²) in [6.45, 7) is 4.63. The highest BCUT2D eigenvalue weighted by atomic mass is 32.2. The Morgan fingerprint density at radius 2 is 1.62 bits per heavy atom. The number of nitrogens with zero attached hydrogens (tertiary/aromatic N) is 2. The molecule has 2 heterocycles. The van der Waals surface area contributed by atoms with E-state index in [-0.39, 0.29) is 10.8 Å². The van der Waals surface area contributed by atoms with Crippen molar-refractivity contribution in [2.45, 2.75) is 43.9 Å². The number of sulfonamides is 1. The number of hydrogen-bond acceptors (Lipinski definition) is 4. The highest BCUT2D eigenvalue weighted by Crippen LogP contribution is 2.28. The van der Waals surface area contributed by atoms with Gasteiger partial charge in [0.05, 0.1) is 4.90 Å². The second-order valence-corrected chi connectivity index (χ2v) is 9.48. The van der Waals surface area contributed by atoms with Crippen LogP contribution in [0.3, 0.4) is 0 Å². The maximum Gasteiger partial charge on any atom is 0.261 e. The van der Waals surface area contributed by atoms with E-state index in [1.807, 2.05) is 31.2 Å². The molecule has 1 N–H and O–H groups in total. The summed E-state index contributed by atoms with van der Waals surface area (Å²) in [6.07, 6.45) is 5.07. The van der Waals surface area contributed by atoms with Crippen molar-refractivity contribution in [2.24, 2.45) is 0 Å². The average Bonchev–Trinajstić information content (AvgIpc) is 3.14. The standard InChI is InChI=1S/C22H27N3O3S/c1-17-16-20(11-12-21(17)25-15-5-6-22(25)26)29(27,28)23-18-7-9-19(10-8-18)24-13-3-2-4-14-24/h7-12,16,23H,2-6,13-15H2,1H3. The summed E-state index contributed by atoms with van der Waals surface area (Å²) in [5, 5.41) is 0. The van der Waals surface area contributed by atoms with Crippen LogP contribution in [0.1, 0.15) is 37.7 Å². The van der Waals surface area contributed by atoms with E-state index in [0.29, 0.717) is 18.7 Å². The number of piperidine rings is 1. The summed E-state index contributed by atoms with van der Waals surface area (Å²) in [4.78, 5) is 16.3. The van der Waals surface area contributed by atoms with Crippen molar-refractivity contribution < 1.29 is 13.2 Å². The molecule has 2 aliphatic heterocycles. The van der Waals surface area contributed by atoms with Gasteiger partial charge >= 0.3 is 0 Å². The van der Waals surface area contributed by atoms with Gasteiger partial charge in [-0.2, -0.15) is 0 Å². The summed E-state index contributed by atoms with van der Waals surface area (Å²) < 4.78 is 28.3. The van der Waals surface area contributed by atoms with Gasteiger partial charge in [-0.3, -0.25) is 9.52 Å². The third-order valence-corrected chi connectivity index (χ3v) is 7.06. The van der Waals surface area contributed by atoms with Crippen LogP contribution in [-0.2, 0) is 14.8 Å². The minimum Gasteiger partial charge on any atom is -0.372 e. The van der Waals surface area contributed by atoms with E-state index in [1.54, 1.807) is 23.1 Å². The molecule has 0 spiro atoms. The second kappa shape index (κ2) is 8.06. The number of hydrogen-bond donors (Lipinski definition) is 1. The minimum atomic E-state index is -3.69. The number of benzene rings is 2. The third kappa shape index (κ3) is 4.24. The van der Waals surface area contributed by atoms with Gasteiger partial charge in [-0.25, -0.2) is 8.42 Å². The molecule has 0 atom stereocenters. The van der Waals surface area contributed by atoms with Gasteiger partial charge in [0.15, 0.2) is 0 Å². The second-order valence-electron chi connectivity index (χ2n) is 7.80. The van der Waals surface area contributed by atoms with Crippen molar-refractivity contribution >= 4 is 33.0 Å². The summed E-state index contributed by atoms with van der Waals surface area (Å²) in [5.41, 5.74) is 3.24. The Bertz CT molecular complexity index is 996. The zero-order valence-electron chi connectivity index (χ0n) is 16.7. The number of aryl methyl sites for hydroxylation is 1. The SMILES string of the molecule is Cc1cc(S(=O)(=O)Nc2ccc(N3CCCCC3)cc2)ccc1N1CCCC1=O. The Hall–Kier alpha value is -2.54. The number of carbonyl (C=O) groups excluding carboxylic acids is 1. The fourth-order valence-corrected chi connectivity index (χ4v) is 5.25. The molecule has 0 bridgehead atoms. The third-order valence-electron chi connectivity index (χ3n) is 5.68. The van der Waals surface area contributed by atoms with Crippen molar-refractivity contribution in [3.05, 3.63) is 48.0 Å². The molecule has 1 amide bonds. The lowest BCUT2D eigenvalue weighted by Crippen LogP contribution is -2.29. The van der Waals surface area contributed by atoms with Crippen molar-refractivity contribution in [2.75, 3.05) is 34.2 Å². The molecule has 2 saturated heterocycles. The predicted molar refractivity (Wildman–Crippen MR) is 116 cm³/mol. The number of carbonyl (C=O) groups is 1. The van der Waals surface area contributed by atoms with Gasteiger partial charge in [0.2, 0.25) is 5.91 Å². The molecule has 4 rings (SSSR count). The molecule has 2 fully saturated rings. The number of anilines is 3. The highest BCUT2D eigenvalue weighted by molar-refractivity contribution is 7.92. The van der Waals surface area contributed by atoms with Crippen molar-refractivity contribution in [1.82, 2.24) is 0 Å². The zero-order chi connectivity index (χ0) is 20.4. The van der Waals surface area contributed by atoms with Gasteiger partial charge in [-0.1, -0.05) is 0 Å². The quantitative estimate of drug-likeness (QED) is 0.807. The molecular weight excluding hydrogens is 386 g/mol. The van der Waals surface area contributed by atoms with E-state index in [1.165, 1.54) is 19.3 Å². The van der Waals surface area contributed by atoms with Gasteiger partial charge in [0, 0.05) is 43.1 Å². The van der Waals surface area contributed by atoms with E-state index in [0.717, 1.165) is 36.4 Å². The molecular formula is C22H27N3O3S. The van der Waals surface area contributed by atoms with E-state index in [4.69, 9.17) is 0 Å². The minimum absolute atomic E-state index is 0.0932. The normalized spacial score (nSPS) is 17.6. The van der Waals surface area contributed by atoms with E-state index < -0.39 is 10.0 Å². The average molecular weight is 414 g/mol. The first-order valence-electron chi connectivity index (χ1n) is 10.2. The van der Waals surface area contributed by atoms with Gasteiger partial charge in [-0.15, -0.1) is 0 Å². The van der Waals surface area contributed by atoms with Gasteiger partial charge in [0.1, 0.15) is 0 Å². The zero-order valence-corrected chi connectivity index (χ0v) is 17.5. The maximum atomic E-state index is 12.8. The molecule has 29 heavy (non-hydrogen) atoms. The van der Waals surface area contributed by atoms with Crippen LogP contribution in [0.15, 0.2) is 47.4 Å². The van der Waals surface area contributed by atoms with E-state index in [2.05, 4.69) is 9.62 Å². The Morgan fingerprint density at radius 3 is 2.24 bits per heavy atom. The number of nitrogens with one attached hydrogen (secondary N) is 1. The summed E-state index contributed by atoms with van der Waals surface area (Å²) in [7, 11) is -3.69. The Balaban J connectivity index is 1.49. The maximum absolute atomic E-state index is 12.8. The molecule has 154 valence electrons. The molecule has 2 aromatic rings. The Labute approximate surface area is 172 Å². The lowest BCUT2D eigenvalue weighted by Gasteiger charge is -2.28. The van der Waals surface area contributed by atoms with Crippen LogP contribution < -0.4 is 14.5 Å². The first-order chi connectivity index (χ1) is 13.9. The van der Waals surface area contributed by atoms with Crippen LogP contribution in [-0.4, -0.2) is 34.0 Å².